The summed E-state index contributed by atoms with van der Waals surface area (Å²) in [4.78, 5) is 32.5. The summed E-state index contributed by atoms with van der Waals surface area (Å²) in [6.07, 6.45) is 0.514. The Morgan fingerprint density at radius 1 is 1.08 bits per heavy atom. The topological polar surface area (TPSA) is 115 Å². The Bertz CT molecular complexity index is 791. The minimum absolute atomic E-state index is 0.135. The lowest BCUT2D eigenvalue weighted by Gasteiger charge is -2.14. The van der Waals surface area contributed by atoms with Gasteiger partial charge in [0.25, 0.3) is 17.3 Å². The highest BCUT2D eigenvalue weighted by Crippen LogP contribution is 2.22. The van der Waals surface area contributed by atoms with E-state index in [0.29, 0.717) is 11.4 Å². The molecule has 130 valence electrons. The molecule has 0 spiro atoms. The number of non-ortho nitro benzene ring substituents is 2. The number of amides is 1. The number of halogens is 1. The van der Waals surface area contributed by atoms with E-state index in [0.717, 1.165) is 23.8 Å². The Balaban J connectivity index is 2.15. The second-order valence-corrected chi connectivity index (χ2v) is 5.89. The van der Waals surface area contributed by atoms with Gasteiger partial charge in [-0.05, 0) is 31.0 Å². The van der Waals surface area contributed by atoms with Crippen molar-refractivity contribution in [1.82, 2.24) is 5.32 Å². The number of hydrogen-bond donors (Lipinski definition) is 1. The van der Waals surface area contributed by atoms with Crippen LogP contribution in [-0.4, -0.2) is 21.8 Å². The van der Waals surface area contributed by atoms with Gasteiger partial charge < -0.3 is 5.32 Å². The molecule has 9 heteroatoms. The van der Waals surface area contributed by atoms with E-state index in [4.69, 9.17) is 11.6 Å². The first-order chi connectivity index (χ1) is 11.8. The van der Waals surface area contributed by atoms with Gasteiger partial charge in [0.2, 0.25) is 0 Å². The molecule has 25 heavy (non-hydrogen) atoms. The maximum Gasteiger partial charge on any atom is 0.277 e. The lowest BCUT2D eigenvalue weighted by Crippen LogP contribution is -2.34. The molecule has 2 rings (SSSR count). The molecule has 0 unspecified atom stereocenters. The molecule has 0 aliphatic heterocycles. The third-order valence-corrected chi connectivity index (χ3v) is 3.67. The number of nitro benzene ring substituents is 2. The lowest BCUT2D eigenvalue weighted by molar-refractivity contribution is -0.394. The van der Waals surface area contributed by atoms with Crippen molar-refractivity contribution in [3.63, 3.8) is 0 Å². The molecule has 0 saturated carbocycles. The summed E-state index contributed by atoms with van der Waals surface area (Å²) in [7, 11) is 0. The first-order valence-electron chi connectivity index (χ1n) is 7.25. The molecule has 1 N–H and O–H groups in total. The van der Waals surface area contributed by atoms with Gasteiger partial charge in [-0.25, -0.2) is 0 Å². The number of nitrogens with zero attached hydrogens (tertiary/aromatic N) is 2. The van der Waals surface area contributed by atoms with E-state index in [1.807, 2.05) is 12.1 Å². The van der Waals surface area contributed by atoms with Gasteiger partial charge in [-0.15, -0.1) is 0 Å². The van der Waals surface area contributed by atoms with Crippen LogP contribution in [-0.2, 0) is 6.42 Å². The van der Waals surface area contributed by atoms with Crippen LogP contribution in [0.25, 0.3) is 0 Å². The molecule has 0 fully saturated rings. The van der Waals surface area contributed by atoms with E-state index >= 15 is 0 Å². The predicted octanol–water partition coefficient (Wildman–Crippen LogP) is 3.52. The average Bonchev–Trinajstić information content (AvgIpc) is 2.56. The van der Waals surface area contributed by atoms with Crippen LogP contribution in [0.5, 0.6) is 0 Å². The van der Waals surface area contributed by atoms with E-state index in [-0.39, 0.29) is 11.6 Å². The van der Waals surface area contributed by atoms with Crippen molar-refractivity contribution in [1.29, 1.82) is 0 Å². The Morgan fingerprint density at radius 2 is 1.60 bits per heavy atom. The monoisotopic (exact) mass is 363 g/mol. The second-order valence-electron chi connectivity index (χ2n) is 5.46. The Hall–Kier alpha value is -3.00. The normalized spacial score (nSPS) is 11.6. The fourth-order valence-electron chi connectivity index (χ4n) is 2.27. The van der Waals surface area contributed by atoms with Crippen LogP contribution in [0.2, 0.25) is 5.02 Å². The Morgan fingerprint density at radius 3 is 2.08 bits per heavy atom. The summed E-state index contributed by atoms with van der Waals surface area (Å²) in [5, 5.41) is 25.0. The van der Waals surface area contributed by atoms with Gasteiger partial charge in [-0.2, -0.15) is 0 Å². The zero-order valence-electron chi connectivity index (χ0n) is 13.1. The summed E-state index contributed by atoms with van der Waals surface area (Å²) in [5.74, 6) is -0.617. The summed E-state index contributed by atoms with van der Waals surface area (Å²) in [6.45, 7) is 1.76. The van der Waals surface area contributed by atoms with Gasteiger partial charge in [-0.3, -0.25) is 25.0 Å². The van der Waals surface area contributed by atoms with Crippen molar-refractivity contribution in [2.75, 3.05) is 0 Å². The molecule has 0 aliphatic rings. The zero-order valence-corrected chi connectivity index (χ0v) is 13.9. The van der Waals surface area contributed by atoms with Crippen LogP contribution in [0.1, 0.15) is 22.8 Å². The minimum Gasteiger partial charge on any atom is -0.349 e. The molecule has 0 bridgehead atoms. The maximum absolute atomic E-state index is 12.3. The molecule has 1 atom stereocenters. The quantitative estimate of drug-likeness (QED) is 0.622. The van der Waals surface area contributed by atoms with Crippen molar-refractivity contribution in [3.05, 3.63) is 78.8 Å². The standard InChI is InChI=1S/C16H14ClN3O5/c1-10(6-11-2-4-13(17)5-3-11)18-16(21)12-7-14(19(22)23)9-15(8-12)20(24)25/h2-5,7-10H,6H2,1H3,(H,18,21)/t10-/m1/s1. The highest BCUT2D eigenvalue weighted by Gasteiger charge is 2.20. The number of carbonyl (C=O) groups is 1. The van der Waals surface area contributed by atoms with Crippen molar-refractivity contribution in [2.45, 2.75) is 19.4 Å². The number of benzene rings is 2. The number of hydrogen-bond acceptors (Lipinski definition) is 5. The smallest absolute Gasteiger partial charge is 0.277 e. The molecule has 8 nitrogen and oxygen atoms in total. The number of nitro groups is 2. The van der Waals surface area contributed by atoms with E-state index in [9.17, 15) is 25.0 Å². The highest BCUT2D eigenvalue weighted by atomic mass is 35.5. The van der Waals surface area contributed by atoms with E-state index in [2.05, 4.69) is 5.32 Å². The molecular weight excluding hydrogens is 350 g/mol. The Labute approximate surface area is 147 Å². The van der Waals surface area contributed by atoms with Crippen molar-refractivity contribution >= 4 is 28.9 Å². The molecule has 0 heterocycles. The van der Waals surface area contributed by atoms with Gasteiger partial charge in [0.1, 0.15) is 0 Å². The molecule has 2 aromatic carbocycles. The maximum atomic E-state index is 12.3. The third kappa shape index (κ3) is 4.98. The van der Waals surface area contributed by atoms with Crippen molar-refractivity contribution in [3.8, 4) is 0 Å². The number of nitrogens with one attached hydrogen (secondary N) is 1. The van der Waals surface area contributed by atoms with Crippen LogP contribution in [0.15, 0.2) is 42.5 Å². The summed E-state index contributed by atoms with van der Waals surface area (Å²) < 4.78 is 0. The van der Waals surface area contributed by atoms with Crippen LogP contribution >= 0.6 is 11.6 Å². The van der Waals surface area contributed by atoms with Gasteiger partial charge in [-0.1, -0.05) is 23.7 Å². The third-order valence-electron chi connectivity index (χ3n) is 3.42. The van der Waals surface area contributed by atoms with E-state index < -0.39 is 27.1 Å². The van der Waals surface area contributed by atoms with Crippen LogP contribution < -0.4 is 5.32 Å². The highest BCUT2D eigenvalue weighted by molar-refractivity contribution is 6.30. The number of rotatable bonds is 6. The van der Waals surface area contributed by atoms with E-state index in [1.54, 1.807) is 19.1 Å². The fourth-order valence-corrected chi connectivity index (χ4v) is 2.40. The first-order valence-corrected chi connectivity index (χ1v) is 7.63. The second kappa shape index (κ2) is 7.71. The molecule has 0 radical (unpaired) electrons. The van der Waals surface area contributed by atoms with E-state index in [1.165, 1.54) is 0 Å². The van der Waals surface area contributed by atoms with Crippen molar-refractivity contribution in [2.24, 2.45) is 0 Å². The molecular formula is C16H14ClN3O5. The minimum atomic E-state index is -0.777. The van der Waals surface area contributed by atoms with Crippen molar-refractivity contribution < 1.29 is 14.6 Å². The molecule has 0 saturated heterocycles. The van der Waals surface area contributed by atoms with Crippen LogP contribution in [0.3, 0.4) is 0 Å². The molecule has 1 amide bonds. The van der Waals surface area contributed by atoms with Gasteiger partial charge in [0.15, 0.2) is 0 Å². The van der Waals surface area contributed by atoms with Crippen LogP contribution in [0.4, 0.5) is 11.4 Å². The summed E-state index contributed by atoms with van der Waals surface area (Å²) >= 11 is 5.81. The molecule has 0 aliphatic carbocycles. The number of carbonyl (C=O) groups excluding carboxylic acids is 1. The predicted molar refractivity (Wildman–Crippen MR) is 91.8 cm³/mol. The SMILES string of the molecule is C[C@H](Cc1ccc(Cl)cc1)NC(=O)c1cc([N+](=O)[O-])cc([N+](=O)[O-])c1. The summed E-state index contributed by atoms with van der Waals surface area (Å²) in [6, 6.07) is 9.66. The zero-order chi connectivity index (χ0) is 18.6. The van der Waals surface area contributed by atoms with Gasteiger partial charge in [0.05, 0.1) is 21.5 Å². The molecule has 2 aromatic rings. The van der Waals surface area contributed by atoms with Gasteiger partial charge in [0, 0.05) is 23.2 Å². The average molecular weight is 364 g/mol. The Kier molecular flexibility index (Phi) is 5.66. The van der Waals surface area contributed by atoms with Crippen LogP contribution in [0, 0.1) is 20.2 Å². The lowest BCUT2D eigenvalue weighted by atomic mass is 10.1. The summed E-state index contributed by atoms with van der Waals surface area (Å²) in [5.41, 5.74) is -0.208. The first kappa shape index (κ1) is 18.3. The largest absolute Gasteiger partial charge is 0.349 e. The molecule has 0 aromatic heterocycles. The fraction of sp³-hybridized carbons (Fsp3) is 0.188. The van der Waals surface area contributed by atoms with Gasteiger partial charge >= 0.3 is 0 Å².